The van der Waals surface area contributed by atoms with Crippen molar-refractivity contribution in [3.63, 3.8) is 0 Å². The number of carboxylic acids is 1. The van der Waals surface area contributed by atoms with Crippen molar-refractivity contribution in [1.29, 1.82) is 0 Å². The highest BCUT2D eigenvalue weighted by molar-refractivity contribution is 7.33. The van der Waals surface area contributed by atoms with Crippen LogP contribution in [0.15, 0.2) is 206 Å². The quantitative estimate of drug-likeness (QED) is 0.0118. The molecule has 0 spiro atoms. The maximum absolute atomic E-state index is 15.0. The number of carbonyl (C=O) groups is 5. The van der Waals surface area contributed by atoms with Gasteiger partial charge in [-0.3, -0.25) is 28.9 Å². The third-order valence-corrected chi connectivity index (χ3v) is 19.3. The van der Waals surface area contributed by atoms with E-state index in [4.69, 9.17) is 75.1 Å². The van der Waals surface area contributed by atoms with E-state index in [0.29, 0.717) is 16.7 Å². The molecule has 109 heavy (non-hydrogen) atoms. The van der Waals surface area contributed by atoms with Crippen LogP contribution in [-0.2, 0) is 138 Å². The smallest absolute Gasteiger partial charge is 0.478 e. The Hall–Kier alpha value is -8.59. The molecule has 4 amide bonds. The van der Waals surface area contributed by atoms with Gasteiger partial charge in [0, 0.05) is 35.4 Å². The number of carbonyl (C=O) groups excluding carboxylic acids is 4. The predicted octanol–water partition coefficient (Wildman–Crippen LogP) is 9.21. The number of nitrogens with one attached hydrogen (secondary N) is 4. The molecule has 7 aromatic rings. The first-order valence-electron chi connectivity index (χ1n) is 35.3. The standard InChI is InChI=1S/C78H88N4O25P2/c1-52(84)80-78(73(100-49-58-34-20-9-21-35-58)72(99-48-57-32-18-8-19-33-57)63(43-83)105-77(78)107-109(91)93-3)42-67(86)82-102-51-65-71(98-47-56-30-16-7-17-31-56)69(96-45-54-26-12-5-13-27-54)61(76(104-65)106-108(90)92-2)40-66(85)81-101-50-64-70(97-46-55-28-14-6-15-29-55)62(95-44-53-24-10-4-11-25-53)41-68(103-64)94-39-38-79-74(87)59-36-22-23-37-60(59)75(88)89/h4-37,61-65,68-73,76-77,83H,38-51H2,1-3H3,(H3-2,79,80,81,82,84,85,86,87,88,89)/p+2/t61-,62-,63-,64-,65-,68+,69-,70+,71-,72-,73+,76-,77-,78-/m1/s1. The lowest BCUT2D eigenvalue weighted by molar-refractivity contribution is -0.296. The lowest BCUT2D eigenvalue weighted by atomic mass is 9.79. The molecule has 580 valence electrons. The number of aliphatic hydroxyl groups is 1. The van der Waals surface area contributed by atoms with Crippen LogP contribution >= 0.6 is 16.5 Å². The molecule has 31 heteroatoms. The molecule has 3 saturated heterocycles. The largest absolute Gasteiger partial charge is 0.699 e. The second-order valence-corrected chi connectivity index (χ2v) is 27.7. The molecule has 7 aromatic carbocycles. The van der Waals surface area contributed by atoms with Crippen molar-refractivity contribution in [2.24, 2.45) is 5.92 Å². The first-order valence-corrected chi connectivity index (χ1v) is 37.5. The zero-order chi connectivity index (χ0) is 76.7. The molecule has 2 unspecified atom stereocenters. The van der Waals surface area contributed by atoms with Crippen LogP contribution in [0.25, 0.3) is 0 Å². The molecule has 3 heterocycles. The average molecular weight is 1550 g/mol. The summed E-state index contributed by atoms with van der Waals surface area (Å²) >= 11 is 0. The number of ether oxygens (including phenoxy) is 10. The number of hydroxylamine groups is 2. The third kappa shape index (κ3) is 24.7. The summed E-state index contributed by atoms with van der Waals surface area (Å²) in [5, 5.41) is 26.2. The Bertz CT molecular complexity index is 3990. The molecule has 3 fully saturated rings. The molecule has 0 saturated carbocycles. The topological polar surface area (TPSA) is 356 Å². The highest BCUT2D eigenvalue weighted by Gasteiger charge is 2.63. The molecule has 10 rings (SSSR count). The number of rotatable bonds is 42. The van der Waals surface area contributed by atoms with Crippen LogP contribution in [0.5, 0.6) is 0 Å². The average Bonchev–Trinajstić information content (AvgIpc) is 0.743. The lowest BCUT2D eigenvalue weighted by Gasteiger charge is -2.51. The normalized spacial score (nSPS) is 24.2. The number of aliphatic hydroxyl groups excluding tert-OH is 1. The molecule has 0 aliphatic carbocycles. The van der Waals surface area contributed by atoms with E-state index in [1.807, 2.05) is 158 Å². The fraction of sp³-hybridized carbons (Fsp3) is 0.397. The molecular weight excluding hydrogens is 1450 g/mol. The first kappa shape index (κ1) is 82.9. The van der Waals surface area contributed by atoms with Gasteiger partial charge in [0.2, 0.25) is 30.3 Å². The number of aromatic carboxylic acids is 1. The molecule has 3 aliphatic heterocycles. The van der Waals surface area contributed by atoms with Gasteiger partial charge in [-0.15, -0.1) is 9.05 Å². The molecule has 0 aromatic heterocycles. The highest BCUT2D eigenvalue weighted by atomic mass is 31.1. The molecule has 0 bridgehead atoms. The maximum Gasteiger partial charge on any atom is 0.699 e. The second-order valence-electron chi connectivity index (χ2n) is 25.6. The van der Waals surface area contributed by atoms with Crippen molar-refractivity contribution < 1.29 is 118 Å². The van der Waals surface area contributed by atoms with Gasteiger partial charge in [0.05, 0.1) is 103 Å². The van der Waals surface area contributed by atoms with Crippen molar-refractivity contribution in [3.8, 4) is 0 Å². The maximum atomic E-state index is 15.0. The van der Waals surface area contributed by atoms with Gasteiger partial charge < -0.3 is 68.2 Å². The number of hydrogen-bond acceptors (Lipinski definition) is 24. The molecule has 16 atom stereocenters. The van der Waals surface area contributed by atoms with E-state index in [0.717, 1.165) is 30.9 Å². The van der Waals surface area contributed by atoms with Crippen LogP contribution < -0.4 is 21.6 Å². The van der Waals surface area contributed by atoms with Gasteiger partial charge in [-0.1, -0.05) is 203 Å². The van der Waals surface area contributed by atoms with E-state index in [-0.39, 0.29) is 76.9 Å². The van der Waals surface area contributed by atoms with Crippen LogP contribution in [0.1, 0.15) is 80.3 Å². The first-order chi connectivity index (χ1) is 53.1. The minimum absolute atomic E-state index is 0.0289. The molecule has 3 aliphatic rings. The summed E-state index contributed by atoms with van der Waals surface area (Å²) in [7, 11) is -3.72. The van der Waals surface area contributed by atoms with Crippen molar-refractivity contribution in [2.45, 2.75) is 145 Å². The number of benzene rings is 7. The summed E-state index contributed by atoms with van der Waals surface area (Å²) in [6, 6.07) is 61.0. The summed E-state index contributed by atoms with van der Waals surface area (Å²) in [6.45, 7) is -0.587. The van der Waals surface area contributed by atoms with Crippen molar-refractivity contribution >= 4 is 46.1 Å². The van der Waals surface area contributed by atoms with Gasteiger partial charge in [-0.05, 0) is 45.5 Å². The minimum Gasteiger partial charge on any atom is -0.478 e. The highest BCUT2D eigenvalue weighted by Crippen LogP contribution is 2.43. The summed E-state index contributed by atoms with van der Waals surface area (Å²) in [6.07, 6.45) is -15.9. The predicted molar refractivity (Wildman–Crippen MR) is 388 cm³/mol. The monoisotopic (exact) mass is 1540 g/mol. The van der Waals surface area contributed by atoms with Gasteiger partial charge in [-0.2, -0.15) is 0 Å². The third-order valence-electron chi connectivity index (χ3n) is 18.0. The van der Waals surface area contributed by atoms with Gasteiger partial charge >= 0.3 is 22.5 Å². The molecular formula is C78H90N4O25P2+2. The van der Waals surface area contributed by atoms with E-state index in [1.54, 1.807) is 30.3 Å². The van der Waals surface area contributed by atoms with Crippen molar-refractivity contribution in [3.05, 3.63) is 251 Å². The van der Waals surface area contributed by atoms with Crippen LogP contribution in [0.4, 0.5) is 0 Å². The summed E-state index contributed by atoms with van der Waals surface area (Å²) in [5.74, 6) is -5.49. The minimum atomic E-state index is -3.01. The summed E-state index contributed by atoms with van der Waals surface area (Å²) < 4.78 is 115. The molecule has 0 radical (unpaired) electrons. The van der Waals surface area contributed by atoms with Crippen LogP contribution in [-0.4, -0.2) is 166 Å². The van der Waals surface area contributed by atoms with E-state index >= 15 is 0 Å². The van der Waals surface area contributed by atoms with E-state index in [1.165, 1.54) is 25.1 Å². The van der Waals surface area contributed by atoms with Crippen LogP contribution in [0.3, 0.4) is 0 Å². The Morgan fingerprint density at radius 2 is 0.936 bits per heavy atom. The fourth-order valence-corrected chi connectivity index (χ4v) is 13.8. The fourth-order valence-electron chi connectivity index (χ4n) is 12.8. The summed E-state index contributed by atoms with van der Waals surface area (Å²) in [5.41, 5.74) is 7.18. The Morgan fingerprint density at radius 3 is 1.43 bits per heavy atom. The Morgan fingerprint density at radius 1 is 0.495 bits per heavy atom. The van der Waals surface area contributed by atoms with Gasteiger partial charge in [0.25, 0.3) is 5.91 Å². The number of carboxylic acid groups (broad SMARTS) is 1. The Labute approximate surface area is 632 Å². The summed E-state index contributed by atoms with van der Waals surface area (Å²) in [4.78, 5) is 80.7. The van der Waals surface area contributed by atoms with E-state index < -0.39 is 157 Å². The van der Waals surface area contributed by atoms with Gasteiger partial charge in [-0.25, -0.2) is 15.8 Å². The zero-order valence-corrected chi connectivity index (χ0v) is 62.0. The SMILES string of the molecule is CO[P+](=O)O[C@H]1O[C@H](CONC(=O)C[C@]2(NC(C)=O)[C@@H](O[P+](=O)OC)O[C@H](CO)[C@@H](OCc3ccccc3)[C@@H]2OCc2ccccc2)[C@@H](OCc2ccccc2)[C@H](OCc2ccccc2)[C@H]1CC(=O)NOC[C@H]1O[C@H](OCCNC(=O)c2ccccc2C(=O)O)C[C@@H](OCc2ccccc2)[C@@H]1OCc1ccccc1. The lowest BCUT2D eigenvalue weighted by Crippen LogP contribution is -2.75. The number of hydrogen-bond donors (Lipinski definition) is 6. The van der Waals surface area contributed by atoms with Crippen molar-refractivity contribution in [1.82, 2.24) is 21.6 Å². The zero-order valence-electron chi connectivity index (χ0n) is 60.2. The molecule has 29 nitrogen and oxygen atoms in total. The van der Waals surface area contributed by atoms with Crippen molar-refractivity contribution in [2.75, 3.05) is 47.2 Å². The van der Waals surface area contributed by atoms with E-state index in [2.05, 4.69) is 21.6 Å². The Balaban J connectivity index is 0.908. The molecule has 6 N–H and O–H groups in total. The Kier molecular flexibility index (Phi) is 32.8. The van der Waals surface area contributed by atoms with Gasteiger partial charge in [0.1, 0.15) is 61.5 Å². The van der Waals surface area contributed by atoms with Crippen LogP contribution in [0, 0.1) is 5.92 Å². The van der Waals surface area contributed by atoms with Crippen LogP contribution in [0.2, 0.25) is 0 Å². The number of amides is 4. The van der Waals surface area contributed by atoms with E-state index in [9.17, 15) is 43.3 Å². The van der Waals surface area contributed by atoms with Gasteiger partial charge in [0.15, 0.2) is 6.29 Å². The second kappa shape index (κ2) is 43.1.